The number of aryl methyl sites for hydroxylation is 1. The summed E-state index contributed by atoms with van der Waals surface area (Å²) in [6, 6.07) is 12.6. The van der Waals surface area contributed by atoms with Gasteiger partial charge in [0.2, 0.25) is 0 Å². The predicted molar refractivity (Wildman–Crippen MR) is 127 cm³/mol. The largest absolute Gasteiger partial charge is 0.461 e. The first-order chi connectivity index (χ1) is 16.3. The molecule has 0 atom stereocenters. The zero-order valence-electron chi connectivity index (χ0n) is 18.1. The molecular formula is C23H18N4O6S. The van der Waals surface area contributed by atoms with Crippen LogP contribution in [-0.4, -0.2) is 33.2 Å². The minimum atomic E-state index is -0.706. The summed E-state index contributed by atoms with van der Waals surface area (Å²) in [5.74, 6) is -1.34. The number of fused-ring (bicyclic) bond motifs is 1. The average Bonchev–Trinajstić information content (AvgIpc) is 3.24. The van der Waals surface area contributed by atoms with Crippen molar-refractivity contribution in [2.24, 2.45) is 0 Å². The number of hydrogen-bond acceptors (Lipinski definition) is 8. The Morgan fingerprint density at radius 1 is 1.21 bits per heavy atom. The zero-order chi connectivity index (χ0) is 24.4. The van der Waals surface area contributed by atoms with Gasteiger partial charge in [0.25, 0.3) is 17.2 Å². The molecule has 0 radical (unpaired) electrons. The third-order valence-electron chi connectivity index (χ3n) is 5.02. The van der Waals surface area contributed by atoms with Gasteiger partial charge in [0, 0.05) is 28.0 Å². The lowest BCUT2D eigenvalue weighted by Crippen LogP contribution is -2.25. The highest BCUT2D eigenvalue weighted by Gasteiger charge is 2.24. The molecule has 0 aliphatic rings. The van der Waals surface area contributed by atoms with Gasteiger partial charge in [0.15, 0.2) is 5.69 Å². The van der Waals surface area contributed by atoms with Crippen molar-refractivity contribution >= 4 is 44.7 Å². The number of nitro groups is 1. The second kappa shape index (κ2) is 9.24. The van der Waals surface area contributed by atoms with E-state index in [2.05, 4.69) is 10.4 Å². The number of thiophene rings is 1. The summed E-state index contributed by atoms with van der Waals surface area (Å²) in [6.07, 6.45) is 0. The number of nitro benzene ring substituents is 1. The highest BCUT2D eigenvalue weighted by atomic mass is 32.1. The quantitative estimate of drug-likeness (QED) is 0.251. The molecule has 11 heteroatoms. The van der Waals surface area contributed by atoms with Crippen molar-refractivity contribution in [1.82, 2.24) is 9.78 Å². The predicted octanol–water partition coefficient (Wildman–Crippen LogP) is 4.09. The number of carbonyl (C=O) groups is 2. The molecule has 0 aliphatic carbocycles. The summed E-state index contributed by atoms with van der Waals surface area (Å²) in [5.41, 5.74) is 0.103. The highest BCUT2D eigenvalue weighted by Crippen LogP contribution is 2.31. The molecule has 172 valence electrons. The molecule has 0 fully saturated rings. The molecule has 0 unspecified atom stereocenters. The Morgan fingerprint density at radius 3 is 2.62 bits per heavy atom. The third kappa shape index (κ3) is 4.16. The van der Waals surface area contributed by atoms with E-state index in [1.807, 2.05) is 0 Å². The number of nitrogens with zero attached hydrogens (tertiary/aromatic N) is 3. The van der Waals surface area contributed by atoms with E-state index in [1.165, 1.54) is 18.2 Å². The smallest absolute Gasteiger partial charge is 0.359 e. The second-order valence-corrected chi connectivity index (χ2v) is 8.07. The normalized spacial score (nSPS) is 10.8. The molecule has 0 spiro atoms. The van der Waals surface area contributed by atoms with Crippen molar-refractivity contribution in [1.29, 1.82) is 0 Å². The summed E-state index contributed by atoms with van der Waals surface area (Å²) in [7, 11) is 0. The van der Waals surface area contributed by atoms with Crippen LogP contribution in [-0.2, 0) is 4.74 Å². The minimum absolute atomic E-state index is 0.0573. The van der Waals surface area contributed by atoms with Gasteiger partial charge in [0.05, 0.1) is 22.6 Å². The van der Waals surface area contributed by atoms with E-state index in [0.717, 1.165) is 16.0 Å². The third-order valence-corrected chi connectivity index (χ3v) is 5.91. The first-order valence-electron chi connectivity index (χ1n) is 10.1. The van der Waals surface area contributed by atoms with Crippen LogP contribution < -0.4 is 10.9 Å². The van der Waals surface area contributed by atoms with Gasteiger partial charge < -0.3 is 10.1 Å². The van der Waals surface area contributed by atoms with Crippen LogP contribution in [0.2, 0.25) is 0 Å². The number of benzene rings is 2. The molecule has 2 aromatic heterocycles. The Hall–Kier alpha value is -4.38. The standard InChI is InChI=1S/C23H18N4O6S/c1-3-33-23(30)19-16-12-34-21(18(16)22(29)26(25-19)15-7-5-4-6-8-15)24-20(28)14-10-9-13(2)17(11-14)27(31)32/h4-12H,3H2,1-2H3,(H,24,28). The number of para-hydroxylation sites is 1. The Bertz CT molecular complexity index is 1490. The molecule has 0 bridgehead atoms. The van der Waals surface area contributed by atoms with Gasteiger partial charge in [-0.1, -0.05) is 24.3 Å². The van der Waals surface area contributed by atoms with Gasteiger partial charge in [-0.2, -0.15) is 9.78 Å². The van der Waals surface area contributed by atoms with Crippen LogP contribution in [0.25, 0.3) is 16.5 Å². The van der Waals surface area contributed by atoms with Crippen molar-refractivity contribution < 1.29 is 19.2 Å². The van der Waals surface area contributed by atoms with E-state index in [9.17, 15) is 24.5 Å². The number of ether oxygens (including phenoxy) is 1. The molecule has 1 N–H and O–H groups in total. The molecule has 4 aromatic rings. The van der Waals surface area contributed by atoms with Gasteiger partial charge in [-0.25, -0.2) is 4.79 Å². The van der Waals surface area contributed by atoms with E-state index >= 15 is 0 Å². The van der Waals surface area contributed by atoms with E-state index in [4.69, 9.17) is 4.74 Å². The number of anilines is 1. The molecule has 2 heterocycles. The van der Waals surface area contributed by atoms with Crippen molar-refractivity contribution in [3.05, 3.63) is 91.2 Å². The lowest BCUT2D eigenvalue weighted by Gasteiger charge is -2.10. The van der Waals surface area contributed by atoms with Crippen LogP contribution >= 0.6 is 11.3 Å². The lowest BCUT2D eigenvalue weighted by molar-refractivity contribution is -0.385. The van der Waals surface area contributed by atoms with Crippen molar-refractivity contribution in [2.75, 3.05) is 11.9 Å². The number of rotatable bonds is 6. The number of amides is 1. The minimum Gasteiger partial charge on any atom is -0.461 e. The number of carbonyl (C=O) groups excluding carboxylic acids is 2. The lowest BCUT2D eigenvalue weighted by atomic mass is 10.1. The molecule has 0 saturated carbocycles. The van der Waals surface area contributed by atoms with Crippen molar-refractivity contribution in [3.63, 3.8) is 0 Å². The molecular weight excluding hydrogens is 460 g/mol. The summed E-state index contributed by atoms with van der Waals surface area (Å²) >= 11 is 1.04. The first kappa shape index (κ1) is 22.8. The summed E-state index contributed by atoms with van der Waals surface area (Å²) < 4.78 is 6.19. The van der Waals surface area contributed by atoms with E-state index in [1.54, 1.807) is 49.6 Å². The highest BCUT2D eigenvalue weighted by molar-refractivity contribution is 7.16. The van der Waals surface area contributed by atoms with Crippen LogP contribution in [0.4, 0.5) is 10.7 Å². The SMILES string of the molecule is CCOC(=O)c1nn(-c2ccccc2)c(=O)c2c(NC(=O)c3ccc(C)c([N+](=O)[O-])c3)scc12. The zero-order valence-corrected chi connectivity index (χ0v) is 18.9. The molecule has 10 nitrogen and oxygen atoms in total. The van der Waals surface area contributed by atoms with Gasteiger partial charge >= 0.3 is 5.97 Å². The molecule has 34 heavy (non-hydrogen) atoms. The van der Waals surface area contributed by atoms with E-state index in [0.29, 0.717) is 11.3 Å². The second-order valence-electron chi connectivity index (χ2n) is 7.19. The Kier molecular flexibility index (Phi) is 6.19. The molecule has 0 aliphatic heterocycles. The van der Waals surface area contributed by atoms with E-state index in [-0.39, 0.29) is 39.3 Å². The number of hydrogen-bond donors (Lipinski definition) is 1. The van der Waals surface area contributed by atoms with Gasteiger partial charge in [0.1, 0.15) is 5.00 Å². The van der Waals surface area contributed by atoms with Gasteiger partial charge in [-0.05, 0) is 32.0 Å². The summed E-state index contributed by atoms with van der Waals surface area (Å²) in [6.45, 7) is 3.34. The molecule has 0 saturated heterocycles. The van der Waals surface area contributed by atoms with Crippen LogP contribution in [0.15, 0.2) is 58.7 Å². The fraction of sp³-hybridized carbons (Fsp3) is 0.130. The van der Waals surface area contributed by atoms with Crippen LogP contribution in [0, 0.1) is 17.0 Å². The van der Waals surface area contributed by atoms with Crippen LogP contribution in [0.3, 0.4) is 0 Å². The van der Waals surface area contributed by atoms with Crippen LogP contribution in [0.1, 0.15) is 33.3 Å². The molecule has 2 aromatic carbocycles. The van der Waals surface area contributed by atoms with Crippen LogP contribution in [0.5, 0.6) is 0 Å². The van der Waals surface area contributed by atoms with Gasteiger partial charge in [-0.15, -0.1) is 11.3 Å². The average molecular weight is 478 g/mol. The Morgan fingerprint density at radius 2 is 1.94 bits per heavy atom. The first-order valence-corrected chi connectivity index (χ1v) is 11.0. The maximum absolute atomic E-state index is 13.4. The topological polar surface area (TPSA) is 133 Å². The Labute approximate surface area is 196 Å². The maximum Gasteiger partial charge on any atom is 0.359 e. The number of aromatic nitrogens is 2. The fourth-order valence-electron chi connectivity index (χ4n) is 3.36. The number of nitrogens with one attached hydrogen (secondary N) is 1. The molecule has 4 rings (SSSR count). The van der Waals surface area contributed by atoms with E-state index < -0.39 is 22.4 Å². The summed E-state index contributed by atoms with van der Waals surface area (Å²) in [4.78, 5) is 49.5. The monoisotopic (exact) mass is 478 g/mol. The fourth-order valence-corrected chi connectivity index (χ4v) is 4.29. The Balaban J connectivity index is 1.85. The molecule has 1 amide bonds. The number of esters is 1. The van der Waals surface area contributed by atoms with Crippen molar-refractivity contribution in [3.8, 4) is 5.69 Å². The van der Waals surface area contributed by atoms with Crippen molar-refractivity contribution in [2.45, 2.75) is 13.8 Å². The maximum atomic E-state index is 13.4. The summed E-state index contributed by atoms with van der Waals surface area (Å²) in [5, 5.41) is 20.2. The van der Waals surface area contributed by atoms with Gasteiger partial charge in [-0.3, -0.25) is 19.7 Å².